The number of hydrogen-bond donors (Lipinski definition) is 2. The Labute approximate surface area is 145 Å². The van der Waals surface area contributed by atoms with Gasteiger partial charge in [-0.2, -0.15) is 0 Å². The highest BCUT2D eigenvalue weighted by Crippen LogP contribution is 2.21. The van der Waals surface area contributed by atoms with E-state index < -0.39 is 0 Å². The van der Waals surface area contributed by atoms with E-state index in [1.54, 1.807) is 29.2 Å². The Balaban J connectivity index is 1.51. The van der Waals surface area contributed by atoms with Crippen molar-refractivity contribution in [2.24, 2.45) is 0 Å². The third kappa shape index (κ3) is 4.06. The Morgan fingerprint density at radius 1 is 1.08 bits per heavy atom. The van der Waals surface area contributed by atoms with E-state index in [1.165, 1.54) is 0 Å². The first-order valence-corrected chi connectivity index (χ1v) is 8.19. The Bertz CT molecular complexity index is 729. The van der Waals surface area contributed by atoms with Gasteiger partial charge in [0.2, 0.25) is 5.91 Å². The molecule has 0 unspecified atom stereocenters. The smallest absolute Gasteiger partial charge is 0.319 e. The molecule has 5 nitrogen and oxygen atoms in total. The summed E-state index contributed by atoms with van der Waals surface area (Å²) in [6.45, 7) is 1.19. The van der Waals surface area contributed by atoms with Gasteiger partial charge in [-0.15, -0.1) is 0 Å². The average molecular weight is 344 g/mol. The number of nitrogens with one attached hydrogen (secondary N) is 2. The lowest BCUT2D eigenvalue weighted by molar-refractivity contribution is -0.117. The quantitative estimate of drug-likeness (QED) is 0.887. The molecular weight excluding hydrogens is 326 g/mol. The number of amides is 3. The summed E-state index contributed by atoms with van der Waals surface area (Å²) in [6.07, 6.45) is 1.53. The molecule has 0 spiro atoms. The van der Waals surface area contributed by atoms with Gasteiger partial charge in [0.1, 0.15) is 0 Å². The maximum Gasteiger partial charge on any atom is 0.319 e. The zero-order chi connectivity index (χ0) is 16.9. The van der Waals surface area contributed by atoms with Crippen molar-refractivity contribution >= 4 is 34.9 Å². The highest BCUT2D eigenvalue weighted by molar-refractivity contribution is 6.30. The predicted molar refractivity (Wildman–Crippen MR) is 95.3 cm³/mol. The first kappa shape index (κ1) is 16.3. The van der Waals surface area contributed by atoms with E-state index in [9.17, 15) is 9.59 Å². The summed E-state index contributed by atoms with van der Waals surface area (Å²) in [5.41, 5.74) is 2.56. The van der Waals surface area contributed by atoms with Gasteiger partial charge in [0.25, 0.3) is 0 Å². The van der Waals surface area contributed by atoms with Crippen molar-refractivity contribution < 1.29 is 9.59 Å². The van der Waals surface area contributed by atoms with Crippen molar-refractivity contribution in [3.05, 3.63) is 59.1 Å². The predicted octanol–water partition coefficient (Wildman–Crippen LogP) is 3.79. The van der Waals surface area contributed by atoms with Crippen LogP contribution in [0.3, 0.4) is 0 Å². The zero-order valence-corrected chi connectivity index (χ0v) is 13.8. The van der Waals surface area contributed by atoms with E-state index in [0.717, 1.165) is 24.2 Å². The number of benzene rings is 2. The standard InChI is InChI=1S/C18H18ClN3O2/c19-14-5-7-15(8-6-14)21-18(24)20-12-13-3-9-16(10-4-13)22-11-1-2-17(22)23/h3-10H,1-2,11-12H2,(H2,20,21,24). The summed E-state index contributed by atoms with van der Waals surface area (Å²) < 4.78 is 0. The molecular formula is C18H18ClN3O2. The van der Waals surface area contributed by atoms with Crippen LogP contribution in [-0.4, -0.2) is 18.5 Å². The van der Waals surface area contributed by atoms with E-state index in [2.05, 4.69) is 10.6 Å². The van der Waals surface area contributed by atoms with E-state index in [0.29, 0.717) is 23.7 Å². The van der Waals surface area contributed by atoms with E-state index in [1.807, 2.05) is 24.3 Å². The van der Waals surface area contributed by atoms with Crippen molar-refractivity contribution in [2.75, 3.05) is 16.8 Å². The van der Waals surface area contributed by atoms with Crippen molar-refractivity contribution in [2.45, 2.75) is 19.4 Å². The van der Waals surface area contributed by atoms with Gasteiger partial charge in [0.05, 0.1) is 0 Å². The molecule has 124 valence electrons. The van der Waals surface area contributed by atoms with Gasteiger partial charge in [0, 0.05) is 35.9 Å². The van der Waals surface area contributed by atoms with Crippen LogP contribution >= 0.6 is 11.6 Å². The van der Waals surface area contributed by atoms with E-state index in [-0.39, 0.29) is 11.9 Å². The van der Waals surface area contributed by atoms with Crippen molar-refractivity contribution in [3.63, 3.8) is 0 Å². The van der Waals surface area contributed by atoms with Gasteiger partial charge < -0.3 is 15.5 Å². The molecule has 1 aliphatic heterocycles. The van der Waals surface area contributed by atoms with Gasteiger partial charge in [-0.25, -0.2) is 4.79 Å². The molecule has 0 atom stereocenters. The van der Waals surface area contributed by atoms with Crippen LogP contribution in [0.4, 0.5) is 16.2 Å². The van der Waals surface area contributed by atoms with Crippen molar-refractivity contribution in [1.29, 1.82) is 0 Å². The van der Waals surface area contributed by atoms with Crippen LogP contribution < -0.4 is 15.5 Å². The number of hydrogen-bond acceptors (Lipinski definition) is 2. The third-order valence-corrected chi connectivity index (χ3v) is 4.13. The van der Waals surface area contributed by atoms with Crippen molar-refractivity contribution in [1.82, 2.24) is 5.32 Å². The van der Waals surface area contributed by atoms with Crippen molar-refractivity contribution in [3.8, 4) is 0 Å². The van der Waals surface area contributed by atoms with Crippen LogP contribution in [0.2, 0.25) is 5.02 Å². The third-order valence-electron chi connectivity index (χ3n) is 3.88. The van der Waals surface area contributed by atoms with Crippen LogP contribution in [0.25, 0.3) is 0 Å². The number of rotatable bonds is 4. The van der Waals surface area contributed by atoms with Gasteiger partial charge in [-0.1, -0.05) is 23.7 Å². The van der Waals surface area contributed by atoms with E-state index >= 15 is 0 Å². The van der Waals surface area contributed by atoms with E-state index in [4.69, 9.17) is 11.6 Å². The number of anilines is 2. The maximum absolute atomic E-state index is 11.9. The Kier molecular flexibility index (Phi) is 5.01. The molecule has 3 rings (SSSR count). The minimum Gasteiger partial charge on any atom is -0.334 e. The molecule has 1 heterocycles. The first-order chi connectivity index (χ1) is 11.6. The zero-order valence-electron chi connectivity index (χ0n) is 13.1. The minimum atomic E-state index is -0.281. The average Bonchev–Trinajstić information content (AvgIpc) is 3.02. The Hall–Kier alpha value is -2.53. The summed E-state index contributed by atoms with van der Waals surface area (Å²) in [5, 5.41) is 6.16. The highest BCUT2D eigenvalue weighted by Gasteiger charge is 2.21. The fourth-order valence-electron chi connectivity index (χ4n) is 2.61. The molecule has 24 heavy (non-hydrogen) atoms. The highest BCUT2D eigenvalue weighted by atomic mass is 35.5. The van der Waals surface area contributed by atoms with Gasteiger partial charge >= 0.3 is 6.03 Å². The van der Waals surface area contributed by atoms with Gasteiger partial charge in [0.15, 0.2) is 0 Å². The molecule has 2 aromatic rings. The SMILES string of the molecule is O=C(NCc1ccc(N2CCCC2=O)cc1)Nc1ccc(Cl)cc1. The molecule has 0 aliphatic carbocycles. The number of halogens is 1. The summed E-state index contributed by atoms with van der Waals surface area (Å²) in [4.78, 5) is 25.4. The van der Waals surface area contributed by atoms with Crippen LogP contribution in [0.15, 0.2) is 48.5 Å². The largest absolute Gasteiger partial charge is 0.334 e. The summed E-state index contributed by atoms with van der Waals surface area (Å²) in [7, 11) is 0. The molecule has 0 bridgehead atoms. The summed E-state index contributed by atoms with van der Waals surface area (Å²) >= 11 is 5.81. The first-order valence-electron chi connectivity index (χ1n) is 7.81. The van der Waals surface area contributed by atoms with Gasteiger partial charge in [-0.05, 0) is 48.4 Å². The lowest BCUT2D eigenvalue weighted by Crippen LogP contribution is -2.28. The molecule has 2 aromatic carbocycles. The molecule has 6 heteroatoms. The summed E-state index contributed by atoms with van der Waals surface area (Å²) in [6, 6.07) is 14.3. The molecule has 1 aliphatic rings. The summed E-state index contributed by atoms with van der Waals surface area (Å²) in [5.74, 6) is 0.170. The topological polar surface area (TPSA) is 61.4 Å². The molecule has 0 radical (unpaired) electrons. The monoisotopic (exact) mass is 343 g/mol. The van der Waals surface area contributed by atoms with Gasteiger partial charge in [-0.3, -0.25) is 4.79 Å². The number of carbonyl (C=O) groups excluding carboxylic acids is 2. The molecule has 2 N–H and O–H groups in total. The molecule has 3 amide bonds. The number of nitrogens with zero attached hydrogens (tertiary/aromatic N) is 1. The fraction of sp³-hybridized carbons (Fsp3) is 0.222. The molecule has 0 aromatic heterocycles. The Morgan fingerprint density at radius 2 is 1.79 bits per heavy atom. The second-order valence-corrected chi connectivity index (χ2v) is 6.07. The van der Waals surface area contributed by atoms with Crippen LogP contribution in [0.1, 0.15) is 18.4 Å². The number of carbonyl (C=O) groups is 2. The molecule has 1 fully saturated rings. The number of urea groups is 1. The molecule has 0 saturated carbocycles. The van der Waals surface area contributed by atoms with Crippen LogP contribution in [0.5, 0.6) is 0 Å². The second-order valence-electron chi connectivity index (χ2n) is 5.63. The lowest BCUT2D eigenvalue weighted by atomic mass is 10.2. The normalized spacial score (nSPS) is 13.9. The maximum atomic E-state index is 11.9. The van der Waals surface area contributed by atoms with Crippen LogP contribution in [0, 0.1) is 0 Å². The second kappa shape index (κ2) is 7.36. The minimum absolute atomic E-state index is 0.170. The lowest BCUT2D eigenvalue weighted by Gasteiger charge is -2.16. The fourth-order valence-corrected chi connectivity index (χ4v) is 2.73. The Morgan fingerprint density at radius 3 is 2.42 bits per heavy atom. The molecule has 1 saturated heterocycles. The van der Waals surface area contributed by atoms with Crippen LogP contribution in [-0.2, 0) is 11.3 Å².